The van der Waals surface area contributed by atoms with Gasteiger partial charge in [0.25, 0.3) is 0 Å². The van der Waals surface area contributed by atoms with E-state index in [4.69, 9.17) is 15.2 Å². The fraction of sp³-hybridized carbons (Fsp3) is 0.188. The Morgan fingerprint density at radius 2 is 1.86 bits per heavy atom. The van der Waals surface area contributed by atoms with Crippen molar-refractivity contribution in [3.63, 3.8) is 0 Å². The molecular formula is C16H17NO3S. The molecule has 0 aliphatic heterocycles. The fourth-order valence-electron chi connectivity index (χ4n) is 1.76. The van der Waals surface area contributed by atoms with Gasteiger partial charge < -0.3 is 15.2 Å². The van der Waals surface area contributed by atoms with Crippen LogP contribution in [0.5, 0.6) is 11.5 Å². The first-order valence-corrected chi connectivity index (χ1v) is 7.48. The van der Waals surface area contributed by atoms with E-state index in [1.54, 1.807) is 43.1 Å². The predicted octanol–water partition coefficient (Wildman–Crippen LogP) is 2.97. The maximum absolute atomic E-state index is 11.0. The van der Waals surface area contributed by atoms with Crippen LogP contribution in [-0.4, -0.2) is 25.4 Å². The average Bonchev–Trinajstić information content (AvgIpc) is 2.52. The zero-order valence-electron chi connectivity index (χ0n) is 11.7. The number of carbonyl (C=O) groups excluding carboxylic acids is 1. The molecule has 5 heteroatoms. The molecule has 0 saturated heterocycles. The van der Waals surface area contributed by atoms with E-state index in [1.807, 2.05) is 24.3 Å². The van der Waals surface area contributed by atoms with Gasteiger partial charge in [-0.15, -0.1) is 11.8 Å². The number of nitrogens with two attached hydrogens (primary N) is 1. The minimum Gasteiger partial charge on any atom is -0.496 e. The second-order valence-electron chi connectivity index (χ2n) is 4.24. The minimum absolute atomic E-state index is 0.437. The quantitative estimate of drug-likeness (QED) is 0.631. The maximum Gasteiger partial charge on any atom is 0.248 e. The first-order chi connectivity index (χ1) is 10.2. The highest BCUT2D eigenvalue weighted by molar-refractivity contribution is 7.99. The standard InChI is InChI=1S/C16H17NO3S/c1-19-14-4-2-3-5-15(14)21-11-10-20-13-8-6-12(7-9-13)16(17)18/h2-9H,10-11H2,1H3,(H2,17,18). The Hall–Kier alpha value is -2.14. The third kappa shape index (κ3) is 4.43. The molecule has 0 bridgehead atoms. The molecule has 0 atom stereocenters. The molecular weight excluding hydrogens is 286 g/mol. The Labute approximate surface area is 128 Å². The van der Waals surface area contributed by atoms with Gasteiger partial charge in [0.05, 0.1) is 13.7 Å². The molecule has 4 nitrogen and oxygen atoms in total. The van der Waals surface area contributed by atoms with Crippen molar-refractivity contribution in [2.24, 2.45) is 5.73 Å². The van der Waals surface area contributed by atoms with Crippen LogP contribution in [0.3, 0.4) is 0 Å². The van der Waals surface area contributed by atoms with Crippen molar-refractivity contribution in [2.75, 3.05) is 19.5 Å². The molecule has 110 valence electrons. The summed E-state index contributed by atoms with van der Waals surface area (Å²) in [7, 11) is 1.66. The summed E-state index contributed by atoms with van der Waals surface area (Å²) in [4.78, 5) is 12.0. The summed E-state index contributed by atoms with van der Waals surface area (Å²) in [5.74, 6) is 1.96. The van der Waals surface area contributed by atoms with E-state index in [1.165, 1.54) is 0 Å². The van der Waals surface area contributed by atoms with E-state index in [9.17, 15) is 4.79 Å². The van der Waals surface area contributed by atoms with Crippen LogP contribution in [0.4, 0.5) is 0 Å². The smallest absolute Gasteiger partial charge is 0.248 e. The van der Waals surface area contributed by atoms with Gasteiger partial charge in [-0.1, -0.05) is 12.1 Å². The van der Waals surface area contributed by atoms with Gasteiger partial charge in [-0.3, -0.25) is 4.79 Å². The fourth-order valence-corrected chi connectivity index (χ4v) is 2.62. The van der Waals surface area contributed by atoms with Crippen LogP contribution in [0, 0.1) is 0 Å². The van der Waals surface area contributed by atoms with Crippen molar-refractivity contribution >= 4 is 17.7 Å². The molecule has 0 saturated carbocycles. The lowest BCUT2D eigenvalue weighted by Gasteiger charge is -2.09. The SMILES string of the molecule is COc1ccccc1SCCOc1ccc(C(N)=O)cc1. The number of rotatable bonds is 7. The van der Waals surface area contributed by atoms with Gasteiger partial charge in [0.15, 0.2) is 0 Å². The molecule has 0 radical (unpaired) electrons. The maximum atomic E-state index is 11.0. The second-order valence-corrected chi connectivity index (χ2v) is 5.37. The molecule has 2 rings (SSSR count). The van der Waals surface area contributed by atoms with E-state index < -0.39 is 5.91 Å². The predicted molar refractivity (Wildman–Crippen MR) is 84.2 cm³/mol. The number of thioether (sulfide) groups is 1. The van der Waals surface area contributed by atoms with E-state index in [0.29, 0.717) is 12.2 Å². The first kappa shape index (κ1) is 15.3. The van der Waals surface area contributed by atoms with Crippen molar-refractivity contribution in [3.8, 4) is 11.5 Å². The summed E-state index contributed by atoms with van der Waals surface area (Å²) < 4.78 is 10.9. The number of para-hydroxylation sites is 1. The zero-order valence-corrected chi connectivity index (χ0v) is 12.6. The van der Waals surface area contributed by atoms with Crippen LogP contribution in [0.2, 0.25) is 0 Å². The van der Waals surface area contributed by atoms with Crippen molar-refractivity contribution < 1.29 is 14.3 Å². The molecule has 0 unspecified atom stereocenters. The third-order valence-electron chi connectivity index (χ3n) is 2.82. The number of ether oxygens (including phenoxy) is 2. The average molecular weight is 303 g/mol. The van der Waals surface area contributed by atoms with Gasteiger partial charge in [-0.2, -0.15) is 0 Å². The molecule has 0 aromatic heterocycles. The Morgan fingerprint density at radius 1 is 1.14 bits per heavy atom. The molecule has 0 spiro atoms. The van der Waals surface area contributed by atoms with Crippen LogP contribution in [0.25, 0.3) is 0 Å². The van der Waals surface area contributed by atoms with Gasteiger partial charge in [0, 0.05) is 16.2 Å². The summed E-state index contributed by atoms with van der Waals surface area (Å²) in [6.07, 6.45) is 0. The summed E-state index contributed by atoms with van der Waals surface area (Å²) in [5, 5.41) is 0. The number of amides is 1. The molecule has 0 aliphatic rings. The molecule has 2 aromatic rings. The van der Waals surface area contributed by atoms with E-state index in [-0.39, 0.29) is 0 Å². The van der Waals surface area contributed by atoms with E-state index in [0.717, 1.165) is 22.1 Å². The lowest BCUT2D eigenvalue weighted by molar-refractivity contribution is 0.100. The highest BCUT2D eigenvalue weighted by Gasteiger charge is 2.03. The largest absolute Gasteiger partial charge is 0.496 e. The summed E-state index contributed by atoms with van der Waals surface area (Å²) in [6, 6.07) is 14.7. The summed E-state index contributed by atoms with van der Waals surface area (Å²) in [6.45, 7) is 0.568. The van der Waals surface area contributed by atoms with Crippen molar-refractivity contribution in [3.05, 3.63) is 54.1 Å². The third-order valence-corrected chi connectivity index (χ3v) is 3.84. The van der Waals surface area contributed by atoms with Gasteiger partial charge in [-0.25, -0.2) is 0 Å². The first-order valence-electron chi connectivity index (χ1n) is 6.49. The lowest BCUT2D eigenvalue weighted by Crippen LogP contribution is -2.10. The molecule has 0 aliphatic carbocycles. The van der Waals surface area contributed by atoms with Gasteiger partial charge in [0.2, 0.25) is 5.91 Å². The van der Waals surface area contributed by atoms with E-state index >= 15 is 0 Å². The Bertz CT molecular complexity index is 599. The van der Waals surface area contributed by atoms with Gasteiger partial charge in [-0.05, 0) is 36.4 Å². The highest BCUT2D eigenvalue weighted by Crippen LogP contribution is 2.28. The van der Waals surface area contributed by atoms with Crippen LogP contribution in [0.15, 0.2) is 53.4 Å². The molecule has 2 aromatic carbocycles. The zero-order chi connectivity index (χ0) is 15.1. The molecule has 2 N–H and O–H groups in total. The topological polar surface area (TPSA) is 61.6 Å². The second kappa shape index (κ2) is 7.59. The van der Waals surface area contributed by atoms with Crippen molar-refractivity contribution in [1.29, 1.82) is 0 Å². The van der Waals surface area contributed by atoms with Gasteiger partial charge >= 0.3 is 0 Å². The number of carbonyl (C=O) groups is 1. The molecule has 1 amide bonds. The molecule has 0 heterocycles. The van der Waals surface area contributed by atoms with Gasteiger partial charge in [0.1, 0.15) is 11.5 Å². The Balaban J connectivity index is 1.80. The Morgan fingerprint density at radius 3 is 2.52 bits per heavy atom. The molecule has 0 fully saturated rings. The number of primary amides is 1. The summed E-state index contributed by atoms with van der Waals surface area (Å²) >= 11 is 1.67. The highest BCUT2D eigenvalue weighted by atomic mass is 32.2. The normalized spacial score (nSPS) is 10.1. The Kier molecular flexibility index (Phi) is 5.51. The minimum atomic E-state index is -0.437. The monoisotopic (exact) mass is 303 g/mol. The number of hydrogen-bond donors (Lipinski definition) is 1. The van der Waals surface area contributed by atoms with E-state index in [2.05, 4.69) is 0 Å². The van der Waals surface area contributed by atoms with Crippen LogP contribution >= 0.6 is 11.8 Å². The summed E-state index contributed by atoms with van der Waals surface area (Å²) in [5.41, 5.74) is 5.66. The number of hydrogen-bond acceptors (Lipinski definition) is 4. The van der Waals surface area contributed by atoms with Crippen LogP contribution in [0.1, 0.15) is 10.4 Å². The van der Waals surface area contributed by atoms with Crippen LogP contribution < -0.4 is 15.2 Å². The number of methoxy groups -OCH3 is 1. The van der Waals surface area contributed by atoms with Crippen LogP contribution in [-0.2, 0) is 0 Å². The van der Waals surface area contributed by atoms with Crippen molar-refractivity contribution in [2.45, 2.75) is 4.90 Å². The molecule has 21 heavy (non-hydrogen) atoms. The lowest BCUT2D eigenvalue weighted by atomic mass is 10.2. The van der Waals surface area contributed by atoms with Crippen molar-refractivity contribution in [1.82, 2.24) is 0 Å². The number of benzene rings is 2.